The number of carboxylic acids is 1. The van der Waals surface area contributed by atoms with E-state index in [1.54, 1.807) is 19.1 Å². The normalized spacial score (nSPS) is 26.3. The summed E-state index contributed by atoms with van der Waals surface area (Å²) >= 11 is 0. The van der Waals surface area contributed by atoms with Gasteiger partial charge in [-0.05, 0) is 43.4 Å². The Kier molecular flexibility index (Phi) is 4.60. The lowest BCUT2D eigenvalue weighted by Crippen LogP contribution is -2.36. The van der Waals surface area contributed by atoms with Crippen molar-refractivity contribution in [2.75, 3.05) is 0 Å². The van der Waals surface area contributed by atoms with Crippen molar-refractivity contribution >= 4 is 11.9 Å². The van der Waals surface area contributed by atoms with Crippen molar-refractivity contribution < 1.29 is 19.1 Å². The highest BCUT2D eigenvalue weighted by atomic mass is 19.1. The predicted octanol–water partition coefficient (Wildman–Crippen LogP) is 2.75. The van der Waals surface area contributed by atoms with Crippen LogP contribution in [0.3, 0.4) is 0 Å². The Labute approximate surface area is 123 Å². The number of carbonyl (C=O) groups excluding carboxylic acids is 1. The number of hydrogen-bond acceptors (Lipinski definition) is 2. The van der Waals surface area contributed by atoms with Gasteiger partial charge in [-0.1, -0.05) is 19.1 Å². The Bertz CT molecular complexity index is 546. The van der Waals surface area contributed by atoms with E-state index in [1.165, 1.54) is 12.1 Å². The molecule has 0 heterocycles. The number of halogens is 1. The largest absolute Gasteiger partial charge is 0.481 e. The molecule has 1 saturated carbocycles. The standard InChI is InChI=1S/C16H20FNO3/c1-9-6-13(14(7-9)16(20)21)15(19)18-10(2)11-4-3-5-12(17)8-11/h3-5,8-10,13-14H,6-7H2,1-2H3,(H,18,19)(H,20,21)/t9?,10-,13?,14?/m0/s1. The number of carbonyl (C=O) groups is 2. The summed E-state index contributed by atoms with van der Waals surface area (Å²) in [5, 5.41) is 12.0. The Morgan fingerprint density at radius 1 is 1.33 bits per heavy atom. The van der Waals surface area contributed by atoms with E-state index in [1.807, 2.05) is 6.92 Å². The first-order valence-electron chi connectivity index (χ1n) is 7.17. The van der Waals surface area contributed by atoms with Crippen molar-refractivity contribution in [3.63, 3.8) is 0 Å². The summed E-state index contributed by atoms with van der Waals surface area (Å²) in [7, 11) is 0. The SMILES string of the molecule is CC1CC(C(=O)O)C(C(=O)N[C@@H](C)c2cccc(F)c2)C1. The zero-order chi connectivity index (χ0) is 15.6. The van der Waals surface area contributed by atoms with Crippen molar-refractivity contribution in [1.82, 2.24) is 5.32 Å². The van der Waals surface area contributed by atoms with E-state index < -0.39 is 17.8 Å². The molecule has 1 aromatic rings. The summed E-state index contributed by atoms with van der Waals surface area (Å²) in [5.41, 5.74) is 0.668. The zero-order valence-corrected chi connectivity index (χ0v) is 12.2. The van der Waals surface area contributed by atoms with E-state index in [0.29, 0.717) is 18.4 Å². The van der Waals surface area contributed by atoms with E-state index in [4.69, 9.17) is 0 Å². The zero-order valence-electron chi connectivity index (χ0n) is 12.2. The maximum absolute atomic E-state index is 13.2. The third-order valence-corrected chi connectivity index (χ3v) is 4.16. The summed E-state index contributed by atoms with van der Waals surface area (Å²) < 4.78 is 13.2. The number of rotatable bonds is 4. The Hall–Kier alpha value is -1.91. The molecule has 0 radical (unpaired) electrons. The van der Waals surface area contributed by atoms with Gasteiger partial charge in [0.1, 0.15) is 5.82 Å². The fourth-order valence-corrected chi connectivity index (χ4v) is 3.03. The summed E-state index contributed by atoms with van der Waals surface area (Å²) in [5.74, 6) is -2.44. The van der Waals surface area contributed by atoms with Gasteiger partial charge in [0.25, 0.3) is 0 Å². The molecule has 1 amide bonds. The topological polar surface area (TPSA) is 66.4 Å². The molecule has 1 fully saturated rings. The molecule has 114 valence electrons. The molecule has 5 heteroatoms. The first-order valence-corrected chi connectivity index (χ1v) is 7.17. The van der Waals surface area contributed by atoms with Crippen molar-refractivity contribution in [3.8, 4) is 0 Å². The van der Waals surface area contributed by atoms with Crippen molar-refractivity contribution in [2.24, 2.45) is 17.8 Å². The molecule has 0 aromatic heterocycles. The summed E-state index contributed by atoms with van der Waals surface area (Å²) in [6.45, 7) is 3.72. The molecule has 0 aliphatic heterocycles. The van der Waals surface area contributed by atoms with Crippen LogP contribution in [0.25, 0.3) is 0 Å². The second kappa shape index (κ2) is 6.24. The number of aliphatic carboxylic acids is 1. The lowest BCUT2D eigenvalue weighted by Gasteiger charge is -2.20. The van der Waals surface area contributed by atoms with E-state index in [-0.39, 0.29) is 23.7 Å². The Balaban J connectivity index is 2.05. The monoisotopic (exact) mass is 293 g/mol. The third kappa shape index (κ3) is 3.60. The van der Waals surface area contributed by atoms with Crippen molar-refractivity contribution in [1.29, 1.82) is 0 Å². The Morgan fingerprint density at radius 2 is 2.00 bits per heavy atom. The summed E-state index contributed by atoms with van der Waals surface area (Å²) in [6.07, 6.45) is 1.11. The van der Waals surface area contributed by atoms with Crippen LogP contribution in [0.5, 0.6) is 0 Å². The number of amides is 1. The summed E-state index contributed by atoms with van der Waals surface area (Å²) in [4.78, 5) is 23.5. The van der Waals surface area contributed by atoms with Crippen LogP contribution < -0.4 is 5.32 Å². The van der Waals surface area contributed by atoms with E-state index in [0.717, 1.165) is 0 Å². The van der Waals surface area contributed by atoms with Crippen molar-refractivity contribution in [3.05, 3.63) is 35.6 Å². The first-order chi connectivity index (χ1) is 9.88. The van der Waals surface area contributed by atoms with Crippen LogP contribution in [0, 0.1) is 23.6 Å². The van der Waals surface area contributed by atoms with Crippen LogP contribution in [0.15, 0.2) is 24.3 Å². The molecule has 3 unspecified atom stereocenters. The lowest BCUT2D eigenvalue weighted by molar-refractivity contribution is -0.146. The fourth-order valence-electron chi connectivity index (χ4n) is 3.03. The number of hydrogen-bond donors (Lipinski definition) is 2. The van der Waals surface area contributed by atoms with Crippen LogP contribution in [0.2, 0.25) is 0 Å². The Morgan fingerprint density at radius 3 is 2.62 bits per heavy atom. The van der Waals surface area contributed by atoms with Crippen molar-refractivity contribution in [2.45, 2.75) is 32.7 Å². The molecular formula is C16H20FNO3. The van der Waals surface area contributed by atoms with Crippen LogP contribution in [0.1, 0.15) is 38.3 Å². The maximum atomic E-state index is 13.2. The van der Waals surface area contributed by atoms with Gasteiger partial charge in [-0.25, -0.2) is 4.39 Å². The fraction of sp³-hybridized carbons (Fsp3) is 0.500. The molecule has 4 atom stereocenters. The van der Waals surface area contributed by atoms with E-state index in [2.05, 4.69) is 5.32 Å². The summed E-state index contributed by atoms with van der Waals surface area (Å²) in [6, 6.07) is 5.69. The second-order valence-electron chi connectivity index (χ2n) is 5.91. The lowest BCUT2D eigenvalue weighted by atomic mass is 9.94. The minimum absolute atomic E-state index is 0.228. The van der Waals surface area contributed by atoms with Gasteiger partial charge in [0, 0.05) is 0 Å². The average molecular weight is 293 g/mol. The van der Waals surface area contributed by atoms with Crippen LogP contribution in [0.4, 0.5) is 4.39 Å². The molecule has 2 N–H and O–H groups in total. The highest BCUT2D eigenvalue weighted by molar-refractivity contribution is 5.85. The van der Waals surface area contributed by atoms with Crippen LogP contribution >= 0.6 is 0 Å². The molecule has 1 aromatic carbocycles. The molecule has 1 aliphatic carbocycles. The number of carboxylic acid groups (broad SMARTS) is 1. The van der Waals surface area contributed by atoms with Crippen LogP contribution in [-0.4, -0.2) is 17.0 Å². The van der Waals surface area contributed by atoms with Gasteiger partial charge in [-0.2, -0.15) is 0 Å². The maximum Gasteiger partial charge on any atom is 0.307 e. The van der Waals surface area contributed by atoms with Crippen LogP contribution in [-0.2, 0) is 9.59 Å². The molecule has 4 nitrogen and oxygen atoms in total. The molecule has 0 spiro atoms. The first kappa shape index (κ1) is 15.5. The minimum atomic E-state index is -0.919. The highest BCUT2D eigenvalue weighted by Crippen LogP contribution is 2.36. The second-order valence-corrected chi connectivity index (χ2v) is 5.91. The van der Waals surface area contributed by atoms with Gasteiger partial charge in [0.05, 0.1) is 17.9 Å². The van der Waals surface area contributed by atoms with Gasteiger partial charge >= 0.3 is 5.97 Å². The highest BCUT2D eigenvalue weighted by Gasteiger charge is 2.41. The van der Waals surface area contributed by atoms with Gasteiger partial charge in [0.15, 0.2) is 0 Å². The molecule has 0 saturated heterocycles. The molecule has 21 heavy (non-hydrogen) atoms. The van der Waals surface area contributed by atoms with Gasteiger partial charge in [-0.15, -0.1) is 0 Å². The van der Waals surface area contributed by atoms with E-state index >= 15 is 0 Å². The number of nitrogens with one attached hydrogen (secondary N) is 1. The predicted molar refractivity (Wildman–Crippen MR) is 76.0 cm³/mol. The van der Waals surface area contributed by atoms with Gasteiger partial charge < -0.3 is 10.4 Å². The van der Waals surface area contributed by atoms with E-state index in [9.17, 15) is 19.1 Å². The number of benzene rings is 1. The van der Waals surface area contributed by atoms with Gasteiger partial charge in [-0.3, -0.25) is 9.59 Å². The quantitative estimate of drug-likeness (QED) is 0.897. The molecule has 1 aliphatic rings. The van der Waals surface area contributed by atoms with Gasteiger partial charge in [0.2, 0.25) is 5.91 Å². The molecule has 2 rings (SSSR count). The smallest absolute Gasteiger partial charge is 0.307 e. The minimum Gasteiger partial charge on any atom is -0.481 e. The molecular weight excluding hydrogens is 273 g/mol. The average Bonchev–Trinajstić information content (AvgIpc) is 2.81. The molecule has 0 bridgehead atoms. The third-order valence-electron chi connectivity index (χ3n) is 4.16.